The van der Waals surface area contributed by atoms with Crippen molar-refractivity contribution in [3.63, 3.8) is 0 Å². The fourth-order valence-corrected chi connectivity index (χ4v) is 3.26. The Labute approximate surface area is 152 Å². The summed E-state index contributed by atoms with van der Waals surface area (Å²) in [5, 5.41) is 2.14. The zero-order valence-corrected chi connectivity index (χ0v) is 14.5. The molecule has 4 rings (SSSR count). The van der Waals surface area contributed by atoms with Crippen LogP contribution in [0.25, 0.3) is 33.0 Å². The third kappa shape index (κ3) is 2.98. The second-order valence-electron chi connectivity index (χ2n) is 6.18. The maximum atomic E-state index is 12.1. The molecule has 0 atom stereocenters. The van der Waals surface area contributed by atoms with Crippen LogP contribution in [0.2, 0.25) is 0 Å². The molecule has 0 radical (unpaired) electrons. The highest BCUT2D eigenvalue weighted by molar-refractivity contribution is 6.03. The summed E-state index contributed by atoms with van der Waals surface area (Å²) < 4.78 is 4.91. The second-order valence-corrected chi connectivity index (χ2v) is 6.18. The first-order valence-electron chi connectivity index (χ1n) is 8.53. The van der Waals surface area contributed by atoms with Gasteiger partial charge in [0.15, 0.2) is 0 Å². The smallest absolute Gasteiger partial charge is 0.337 e. The molecule has 0 heterocycles. The summed E-state index contributed by atoms with van der Waals surface area (Å²) in [6.07, 6.45) is 0. The van der Waals surface area contributed by atoms with Crippen LogP contribution in [0.4, 0.5) is 0 Å². The van der Waals surface area contributed by atoms with Crippen molar-refractivity contribution in [2.24, 2.45) is 0 Å². The largest absolute Gasteiger partial charge is 0.465 e. The van der Waals surface area contributed by atoms with Crippen LogP contribution < -0.4 is 0 Å². The lowest BCUT2D eigenvalue weighted by Crippen LogP contribution is -2.01. The number of ether oxygens (including phenoxy) is 1. The maximum Gasteiger partial charge on any atom is 0.337 e. The van der Waals surface area contributed by atoms with Crippen molar-refractivity contribution in [2.45, 2.75) is 0 Å². The number of esters is 1. The van der Waals surface area contributed by atoms with Crippen LogP contribution in [0.5, 0.6) is 0 Å². The third-order valence-electron chi connectivity index (χ3n) is 4.59. The first kappa shape index (κ1) is 16.1. The summed E-state index contributed by atoms with van der Waals surface area (Å²) in [5.74, 6) is -0.321. The molecule has 2 nitrogen and oxygen atoms in total. The zero-order valence-electron chi connectivity index (χ0n) is 14.5. The molecule has 0 aromatic heterocycles. The predicted molar refractivity (Wildman–Crippen MR) is 106 cm³/mol. The van der Waals surface area contributed by atoms with Gasteiger partial charge in [0, 0.05) is 0 Å². The van der Waals surface area contributed by atoms with Gasteiger partial charge >= 0.3 is 5.97 Å². The SMILES string of the molecule is COC(=O)c1cc(-c2ccc(-c3ccccc3)cc2)c2ccccc2c1. The lowest BCUT2D eigenvalue weighted by atomic mass is 9.94. The highest BCUT2D eigenvalue weighted by Crippen LogP contribution is 2.32. The number of carbonyl (C=O) groups excluding carboxylic acids is 1. The predicted octanol–water partition coefficient (Wildman–Crippen LogP) is 5.96. The van der Waals surface area contributed by atoms with Crippen molar-refractivity contribution in [2.75, 3.05) is 7.11 Å². The monoisotopic (exact) mass is 338 g/mol. The molecule has 0 aliphatic rings. The molecule has 0 aliphatic carbocycles. The fourth-order valence-electron chi connectivity index (χ4n) is 3.26. The van der Waals surface area contributed by atoms with Crippen molar-refractivity contribution in [3.8, 4) is 22.3 Å². The molecule has 26 heavy (non-hydrogen) atoms. The van der Waals surface area contributed by atoms with Gasteiger partial charge in [-0.15, -0.1) is 0 Å². The first-order chi connectivity index (χ1) is 12.8. The number of carbonyl (C=O) groups is 1. The van der Waals surface area contributed by atoms with Crippen molar-refractivity contribution in [3.05, 3.63) is 96.6 Å². The number of hydrogen-bond acceptors (Lipinski definition) is 2. The van der Waals surface area contributed by atoms with Crippen LogP contribution in [0.15, 0.2) is 91.0 Å². The standard InChI is InChI=1S/C24H18O2/c1-26-24(25)21-15-20-9-5-6-10-22(20)23(16-21)19-13-11-18(12-14-19)17-7-3-2-4-8-17/h2-16H,1H3. The van der Waals surface area contributed by atoms with Crippen molar-refractivity contribution < 1.29 is 9.53 Å². The minimum absolute atomic E-state index is 0.321. The normalized spacial score (nSPS) is 10.7. The van der Waals surface area contributed by atoms with Crippen LogP contribution in [-0.4, -0.2) is 13.1 Å². The van der Waals surface area contributed by atoms with Crippen LogP contribution in [0.1, 0.15) is 10.4 Å². The maximum absolute atomic E-state index is 12.1. The van der Waals surface area contributed by atoms with E-state index in [0.717, 1.165) is 21.9 Å². The molecule has 0 fully saturated rings. The minimum atomic E-state index is -0.321. The summed E-state index contributed by atoms with van der Waals surface area (Å²) in [6, 6.07) is 30.6. The lowest BCUT2D eigenvalue weighted by molar-refractivity contribution is 0.0601. The van der Waals surface area contributed by atoms with Gasteiger partial charge in [0.1, 0.15) is 0 Å². The van der Waals surface area contributed by atoms with Gasteiger partial charge in [-0.3, -0.25) is 0 Å². The van der Waals surface area contributed by atoms with E-state index in [2.05, 4.69) is 42.5 Å². The lowest BCUT2D eigenvalue weighted by Gasteiger charge is -2.11. The average molecular weight is 338 g/mol. The highest BCUT2D eigenvalue weighted by Gasteiger charge is 2.12. The van der Waals surface area contributed by atoms with E-state index >= 15 is 0 Å². The Morgan fingerprint density at radius 2 is 1.31 bits per heavy atom. The summed E-state index contributed by atoms with van der Waals surface area (Å²) in [5.41, 5.74) is 5.03. The number of benzene rings is 4. The topological polar surface area (TPSA) is 26.3 Å². The molecule has 0 unspecified atom stereocenters. The molecular formula is C24H18O2. The Morgan fingerprint density at radius 1 is 0.692 bits per heavy atom. The average Bonchev–Trinajstić information content (AvgIpc) is 2.73. The van der Waals surface area contributed by atoms with E-state index in [9.17, 15) is 4.79 Å². The van der Waals surface area contributed by atoms with E-state index < -0.39 is 0 Å². The Bertz CT molecular complexity index is 1060. The number of methoxy groups -OCH3 is 1. The van der Waals surface area contributed by atoms with Crippen LogP contribution in [-0.2, 0) is 4.74 Å². The molecular weight excluding hydrogens is 320 g/mol. The Hall–Kier alpha value is -3.39. The molecule has 0 bridgehead atoms. The molecule has 0 saturated heterocycles. The van der Waals surface area contributed by atoms with E-state index in [0.29, 0.717) is 5.56 Å². The molecule has 4 aromatic carbocycles. The molecule has 0 amide bonds. The molecule has 4 aromatic rings. The second kappa shape index (κ2) is 6.85. The first-order valence-corrected chi connectivity index (χ1v) is 8.53. The summed E-state index contributed by atoms with van der Waals surface area (Å²) >= 11 is 0. The Balaban J connectivity index is 1.84. The van der Waals surface area contributed by atoms with Gasteiger partial charge in [-0.05, 0) is 45.2 Å². The van der Waals surface area contributed by atoms with Crippen molar-refractivity contribution in [1.29, 1.82) is 0 Å². The van der Waals surface area contributed by atoms with E-state index in [-0.39, 0.29) is 5.97 Å². The summed E-state index contributed by atoms with van der Waals surface area (Å²) in [7, 11) is 1.41. The van der Waals surface area contributed by atoms with Crippen molar-refractivity contribution >= 4 is 16.7 Å². The molecule has 0 aliphatic heterocycles. The van der Waals surface area contributed by atoms with Gasteiger partial charge in [0.25, 0.3) is 0 Å². The van der Waals surface area contributed by atoms with Crippen LogP contribution in [0, 0.1) is 0 Å². The van der Waals surface area contributed by atoms with Gasteiger partial charge in [-0.2, -0.15) is 0 Å². The number of rotatable bonds is 3. The molecule has 0 spiro atoms. The third-order valence-corrected chi connectivity index (χ3v) is 4.59. The van der Waals surface area contributed by atoms with Gasteiger partial charge in [0.05, 0.1) is 12.7 Å². The van der Waals surface area contributed by atoms with Gasteiger partial charge in [0.2, 0.25) is 0 Å². The van der Waals surface area contributed by atoms with E-state index in [1.807, 2.05) is 48.5 Å². The number of fused-ring (bicyclic) bond motifs is 1. The van der Waals surface area contributed by atoms with E-state index in [4.69, 9.17) is 4.74 Å². The van der Waals surface area contributed by atoms with Gasteiger partial charge in [-0.1, -0.05) is 78.9 Å². The number of hydrogen-bond donors (Lipinski definition) is 0. The zero-order chi connectivity index (χ0) is 17.9. The van der Waals surface area contributed by atoms with E-state index in [1.165, 1.54) is 18.2 Å². The van der Waals surface area contributed by atoms with Crippen LogP contribution >= 0.6 is 0 Å². The highest BCUT2D eigenvalue weighted by atomic mass is 16.5. The van der Waals surface area contributed by atoms with E-state index in [1.54, 1.807) is 0 Å². The Morgan fingerprint density at radius 3 is 2.04 bits per heavy atom. The summed E-state index contributed by atoms with van der Waals surface area (Å²) in [4.78, 5) is 12.1. The van der Waals surface area contributed by atoms with Crippen LogP contribution in [0.3, 0.4) is 0 Å². The summed E-state index contributed by atoms with van der Waals surface area (Å²) in [6.45, 7) is 0. The minimum Gasteiger partial charge on any atom is -0.465 e. The molecule has 0 saturated carbocycles. The van der Waals surface area contributed by atoms with Gasteiger partial charge in [-0.25, -0.2) is 4.79 Å². The molecule has 0 N–H and O–H groups in total. The quantitative estimate of drug-likeness (QED) is 0.431. The Kier molecular flexibility index (Phi) is 4.24. The van der Waals surface area contributed by atoms with Crippen molar-refractivity contribution in [1.82, 2.24) is 0 Å². The molecule has 2 heteroatoms. The molecule has 126 valence electrons. The van der Waals surface area contributed by atoms with Gasteiger partial charge < -0.3 is 4.74 Å². The fraction of sp³-hybridized carbons (Fsp3) is 0.0417.